The molecule has 0 aromatic heterocycles. The van der Waals surface area contributed by atoms with Crippen molar-refractivity contribution in [2.45, 2.75) is 122 Å². The number of rotatable bonds is 24. The normalized spacial score (nSPS) is 16.4. The molecule has 4 N–H and O–H groups in total. The number of amides is 6. The van der Waals surface area contributed by atoms with Crippen molar-refractivity contribution in [3.05, 3.63) is 87.5 Å². The Kier molecular flexibility index (Phi) is 22.4. The number of nitrogens with one attached hydrogen (secondary N) is 4. The zero-order chi connectivity index (χ0) is 53.1. The number of nitro groups is 1. The molecule has 0 fully saturated rings. The van der Waals surface area contributed by atoms with E-state index >= 15 is 0 Å². The number of hydrogen-bond donors (Lipinski definition) is 4. The van der Waals surface area contributed by atoms with Crippen molar-refractivity contribution in [2.24, 2.45) is 5.92 Å². The van der Waals surface area contributed by atoms with Gasteiger partial charge >= 0.3 is 11.7 Å². The highest BCUT2D eigenvalue weighted by atomic mass is 16.6. The van der Waals surface area contributed by atoms with E-state index in [0.717, 1.165) is 43.3 Å². The third kappa shape index (κ3) is 16.2. The molecule has 4 rings (SSSR count). The van der Waals surface area contributed by atoms with Crippen LogP contribution in [0.15, 0.2) is 60.7 Å². The van der Waals surface area contributed by atoms with E-state index in [9.17, 15) is 43.7 Å². The number of carbonyl (C=O) groups is 7. The molecule has 5 atom stereocenters. The van der Waals surface area contributed by atoms with E-state index in [1.54, 1.807) is 0 Å². The fourth-order valence-corrected chi connectivity index (χ4v) is 8.29. The van der Waals surface area contributed by atoms with Crippen LogP contribution in [-0.4, -0.2) is 129 Å². The molecule has 72 heavy (non-hydrogen) atoms. The van der Waals surface area contributed by atoms with Crippen molar-refractivity contribution in [2.75, 3.05) is 48.6 Å². The first-order chi connectivity index (χ1) is 34.3. The molecule has 20 heteroatoms. The predicted octanol–water partition coefficient (Wildman–Crippen LogP) is 4.94. The summed E-state index contributed by atoms with van der Waals surface area (Å²) >= 11 is 0. The largest absolute Gasteiger partial charge is 0.496 e. The monoisotopic (exact) mass is 1000 g/mol. The third-order valence-corrected chi connectivity index (χ3v) is 12.5. The lowest BCUT2D eigenvalue weighted by molar-refractivity contribution is -0.385. The molecule has 1 heterocycles. The highest BCUT2D eigenvalue weighted by Gasteiger charge is 2.35. The van der Waals surface area contributed by atoms with Gasteiger partial charge in [0.25, 0.3) is 0 Å². The molecule has 3 aromatic carbocycles. The molecule has 20 nitrogen and oxygen atoms in total. The Morgan fingerprint density at radius 1 is 0.819 bits per heavy atom. The smallest absolute Gasteiger partial charge is 0.328 e. The molecule has 0 saturated carbocycles. The van der Waals surface area contributed by atoms with Gasteiger partial charge in [0, 0.05) is 44.1 Å². The summed E-state index contributed by atoms with van der Waals surface area (Å²) in [4.78, 5) is 110. The van der Waals surface area contributed by atoms with Crippen molar-refractivity contribution < 1.29 is 57.4 Å². The summed E-state index contributed by atoms with van der Waals surface area (Å²) in [6.45, 7) is 6.57. The lowest BCUT2D eigenvalue weighted by Crippen LogP contribution is -2.55. The van der Waals surface area contributed by atoms with E-state index in [1.165, 1.54) is 90.2 Å². The van der Waals surface area contributed by atoms with E-state index in [4.69, 9.17) is 18.9 Å². The van der Waals surface area contributed by atoms with Crippen LogP contribution in [0.5, 0.6) is 11.5 Å². The van der Waals surface area contributed by atoms with Crippen LogP contribution in [0.3, 0.4) is 0 Å². The molecule has 1 aliphatic heterocycles. The van der Waals surface area contributed by atoms with Crippen LogP contribution in [-0.2, 0) is 56.1 Å². The number of nitro benzene ring substituents is 1. The highest BCUT2D eigenvalue weighted by Crippen LogP contribution is 2.44. The number of methoxy groups -OCH3 is 3. The Morgan fingerprint density at radius 2 is 1.50 bits per heavy atom. The maximum Gasteiger partial charge on any atom is 0.328 e. The summed E-state index contributed by atoms with van der Waals surface area (Å²) in [7, 11) is 6.56. The molecule has 0 radical (unpaired) electrons. The van der Waals surface area contributed by atoms with Crippen molar-refractivity contribution in [3.8, 4) is 22.6 Å². The zero-order valence-electron chi connectivity index (χ0n) is 42.9. The van der Waals surface area contributed by atoms with Crippen LogP contribution in [0, 0.1) is 16.0 Å². The quantitative estimate of drug-likeness (QED) is 0.0402. The fourth-order valence-electron chi connectivity index (χ4n) is 8.29. The second-order valence-electron chi connectivity index (χ2n) is 18.4. The van der Waals surface area contributed by atoms with Crippen LogP contribution >= 0.6 is 0 Å². The van der Waals surface area contributed by atoms with Crippen LogP contribution in [0.25, 0.3) is 11.1 Å². The predicted molar refractivity (Wildman–Crippen MR) is 267 cm³/mol. The Labute approximate surface area is 421 Å². The summed E-state index contributed by atoms with van der Waals surface area (Å²) in [5.74, 6) is -4.22. The minimum atomic E-state index is -1.49. The summed E-state index contributed by atoms with van der Waals surface area (Å²) < 4.78 is 22.1. The van der Waals surface area contributed by atoms with Crippen LogP contribution < -0.4 is 30.7 Å². The van der Waals surface area contributed by atoms with E-state index < -0.39 is 82.9 Å². The van der Waals surface area contributed by atoms with E-state index in [-0.39, 0.29) is 65.7 Å². The number of benzene rings is 3. The minimum Gasteiger partial charge on any atom is -0.496 e. The number of likely N-dealkylation sites (N-methyl/N-ethyl adjacent to an activating group) is 2. The summed E-state index contributed by atoms with van der Waals surface area (Å²) in [6, 6.07) is 10.1. The number of hydrogen-bond acceptors (Lipinski definition) is 13. The average Bonchev–Trinajstić information content (AvgIpc) is 3.36. The number of esters is 1. The van der Waals surface area contributed by atoms with Gasteiger partial charge in [-0.1, -0.05) is 88.8 Å². The molecule has 0 saturated heterocycles. The molecular formula is C52H71N7O13. The highest BCUT2D eigenvalue weighted by molar-refractivity contribution is 5.96. The first kappa shape index (κ1) is 57.5. The van der Waals surface area contributed by atoms with E-state index in [2.05, 4.69) is 35.1 Å². The molecule has 3 aromatic rings. The van der Waals surface area contributed by atoms with Gasteiger partial charge in [0.05, 0.1) is 46.0 Å². The summed E-state index contributed by atoms with van der Waals surface area (Å²) in [5.41, 5.74) is 1.17. The second kappa shape index (κ2) is 28.1. The van der Waals surface area contributed by atoms with Gasteiger partial charge in [0.2, 0.25) is 41.2 Å². The number of fused-ring (bicyclic) bond motifs is 5. The number of nitrogens with zero attached hydrogens (tertiary/aromatic N) is 3. The van der Waals surface area contributed by atoms with Gasteiger partial charge in [-0.2, -0.15) is 0 Å². The van der Waals surface area contributed by atoms with Gasteiger partial charge in [-0.3, -0.25) is 38.9 Å². The Bertz CT molecular complexity index is 2380. The van der Waals surface area contributed by atoms with Gasteiger partial charge in [-0.05, 0) is 61.1 Å². The second-order valence-corrected chi connectivity index (χ2v) is 18.4. The van der Waals surface area contributed by atoms with Crippen LogP contribution in [0.2, 0.25) is 0 Å². The average molecular weight is 1000 g/mol. The molecular weight excluding hydrogens is 931 g/mol. The molecule has 6 amide bonds. The van der Waals surface area contributed by atoms with Crippen molar-refractivity contribution in [1.82, 2.24) is 31.1 Å². The molecule has 0 aliphatic carbocycles. The summed E-state index contributed by atoms with van der Waals surface area (Å²) in [6.07, 6.45) is 7.17. The SMILES string of the molecule is COC(=O)[C@@H]1Cc2cc(c(OC)c([N+](=O)[O-])c2)-c2cc(ccc2OC)[C@H](N(C)C(=O)CNC(=O)[C@@H](C)NC(=O)[C@@H](COCc2ccccc2)N(C)C(=O)CCCCCCCCC(C)C)C(=O)N[C@@H](C)C(=O)N1. The maximum atomic E-state index is 14.3. The molecule has 4 bridgehead atoms. The van der Waals surface area contributed by atoms with Crippen LogP contribution in [0.1, 0.15) is 102 Å². The Balaban J connectivity index is 1.55. The van der Waals surface area contributed by atoms with E-state index in [1.807, 2.05) is 30.3 Å². The molecule has 0 unspecified atom stereocenters. The molecule has 0 spiro atoms. The first-order valence-corrected chi connectivity index (χ1v) is 24.2. The standard InChI is InChI=1S/C52H71N7O13/c1-32(2)19-15-12-10-11-13-18-22-44(60)57(5)42(31-72-30-35-20-16-14-17-21-35)50(64)54-33(3)48(62)53-29-45(61)58(6)46-37-23-24-43(69-7)38(28-37)39-25-36(27-41(59(67)68)47(39)70-8)26-40(52(66)71-9)56-49(63)34(4)55-51(46)65/h14,16-17,20-21,23-25,27-28,32-34,40,42,46H,10-13,15,18-19,22,26,29-31H2,1-9H3,(H,53,62)(H,54,64)(H,55,65)(H,56,63)/t33-,34+,40+,42-,46+/m1/s1. The van der Waals surface area contributed by atoms with Crippen molar-refractivity contribution in [3.63, 3.8) is 0 Å². The molecule has 1 aliphatic rings. The Hall–Kier alpha value is -7.09. The third-order valence-electron chi connectivity index (χ3n) is 12.5. The lowest BCUT2D eigenvalue weighted by atomic mass is 9.93. The van der Waals surface area contributed by atoms with Crippen molar-refractivity contribution in [1.29, 1.82) is 0 Å². The maximum absolute atomic E-state index is 14.3. The number of ether oxygens (including phenoxy) is 4. The van der Waals surface area contributed by atoms with Crippen LogP contribution in [0.4, 0.5) is 5.69 Å². The summed E-state index contributed by atoms with van der Waals surface area (Å²) in [5, 5.41) is 22.8. The van der Waals surface area contributed by atoms with Crippen molar-refractivity contribution >= 4 is 47.1 Å². The van der Waals surface area contributed by atoms with Gasteiger partial charge in [0.15, 0.2) is 0 Å². The van der Waals surface area contributed by atoms with Gasteiger partial charge in [-0.25, -0.2) is 4.79 Å². The lowest BCUT2D eigenvalue weighted by Gasteiger charge is -2.30. The van der Waals surface area contributed by atoms with Gasteiger partial charge in [0.1, 0.15) is 36.0 Å². The van der Waals surface area contributed by atoms with E-state index in [0.29, 0.717) is 12.3 Å². The zero-order valence-corrected chi connectivity index (χ0v) is 42.9. The first-order valence-electron chi connectivity index (χ1n) is 24.2. The number of unbranched alkanes of at least 4 members (excludes halogenated alkanes) is 5. The minimum absolute atomic E-state index is 0.135. The topological polar surface area (TPSA) is 254 Å². The van der Waals surface area contributed by atoms with Gasteiger partial charge in [-0.15, -0.1) is 0 Å². The van der Waals surface area contributed by atoms with Gasteiger partial charge < -0.3 is 50.0 Å². The number of carbonyl (C=O) groups excluding carboxylic acids is 7. The Morgan fingerprint density at radius 3 is 2.14 bits per heavy atom. The molecule has 392 valence electrons. The fraction of sp³-hybridized carbons (Fsp3) is 0.519.